The van der Waals surface area contributed by atoms with Gasteiger partial charge < -0.3 is 15.0 Å². The third-order valence-corrected chi connectivity index (χ3v) is 6.50. The Morgan fingerprint density at radius 3 is 2.55 bits per heavy atom. The molecule has 1 aromatic carbocycles. The second-order valence-electron chi connectivity index (χ2n) is 9.55. The molecule has 0 saturated carbocycles. The molecule has 1 aromatic heterocycles. The number of aryl methyl sites for hydroxylation is 1. The number of anilines is 1. The minimum absolute atomic E-state index is 0.0142. The van der Waals surface area contributed by atoms with Crippen LogP contribution in [0.25, 0.3) is 0 Å². The van der Waals surface area contributed by atoms with Gasteiger partial charge in [-0.1, -0.05) is 18.2 Å². The fourth-order valence-electron chi connectivity index (χ4n) is 3.92. The minimum Gasteiger partial charge on any atom is -0.444 e. The van der Waals surface area contributed by atoms with E-state index in [0.717, 1.165) is 54.4 Å². The standard InChI is InChI=1S/C25H36N4O3S/c1-6-29(24(31)32-25(3,4)5)15-20-9-7-8-10-22(20)27-23(30)19-11-13-28(14-12-19)16-21-17-33-18(2)26-21/h7-10,17,19H,6,11-16H2,1-5H3,(H,27,30). The topological polar surface area (TPSA) is 74.8 Å². The summed E-state index contributed by atoms with van der Waals surface area (Å²) in [5, 5.41) is 6.32. The molecule has 7 nitrogen and oxygen atoms in total. The number of hydrogen-bond donors (Lipinski definition) is 1. The maximum Gasteiger partial charge on any atom is 0.410 e. The van der Waals surface area contributed by atoms with Crippen molar-refractivity contribution in [2.75, 3.05) is 25.0 Å². The van der Waals surface area contributed by atoms with E-state index in [1.54, 1.807) is 16.2 Å². The number of hydrogen-bond acceptors (Lipinski definition) is 6. The molecule has 1 aliphatic rings. The molecular formula is C25H36N4O3S. The number of piperidine rings is 1. The zero-order valence-corrected chi connectivity index (χ0v) is 21.2. The summed E-state index contributed by atoms with van der Waals surface area (Å²) in [4.78, 5) is 34.1. The Morgan fingerprint density at radius 2 is 1.94 bits per heavy atom. The van der Waals surface area contributed by atoms with Crippen molar-refractivity contribution in [3.63, 3.8) is 0 Å². The van der Waals surface area contributed by atoms with Crippen LogP contribution in [0.15, 0.2) is 29.6 Å². The van der Waals surface area contributed by atoms with Crippen LogP contribution in [0.4, 0.5) is 10.5 Å². The van der Waals surface area contributed by atoms with Crippen LogP contribution >= 0.6 is 11.3 Å². The van der Waals surface area contributed by atoms with Crippen molar-refractivity contribution in [3.05, 3.63) is 45.9 Å². The summed E-state index contributed by atoms with van der Waals surface area (Å²) in [6.45, 7) is 13.0. The summed E-state index contributed by atoms with van der Waals surface area (Å²) >= 11 is 1.68. The number of carbonyl (C=O) groups excluding carboxylic acids is 2. The Balaban J connectivity index is 1.56. The van der Waals surface area contributed by atoms with Crippen molar-refractivity contribution in [3.8, 4) is 0 Å². The lowest BCUT2D eigenvalue weighted by Crippen LogP contribution is -2.38. The number of thiazole rings is 1. The summed E-state index contributed by atoms with van der Waals surface area (Å²) in [6.07, 6.45) is 1.31. The van der Waals surface area contributed by atoms with Crippen LogP contribution < -0.4 is 5.32 Å². The zero-order chi connectivity index (χ0) is 24.0. The number of likely N-dealkylation sites (tertiary alicyclic amines) is 1. The highest BCUT2D eigenvalue weighted by Crippen LogP contribution is 2.24. The first-order chi connectivity index (χ1) is 15.6. The summed E-state index contributed by atoms with van der Waals surface area (Å²) in [7, 11) is 0. The van der Waals surface area contributed by atoms with Gasteiger partial charge in [0, 0.05) is 30.1 Å². The van der Waals surface area contributed by atoms with Crippen molar-refractivity contribution in [1.29, 1.82) is 0 Å². The van der Waals surface area contributed by atoms with Crippen molar-refractivity contribution < 1.29 is 14.3 Å². The molecule has 0 spiro atoms. The van der Waals surface area contributed by atoms with Crippen molar-refractivity contribution in [2.24, 2.45) is 5.92 Å². The van der Waals surface area contributed by atoms with E-state index in [2.05, 4.69) is 20.6 Å². The predicted molar refractivity (Wildman–Crippen MR) is 132 cm³/mol. The largest absolute Gasteiger partial charge is 0.444 e. The molecule has 180 valence electrons. The fourth-order valence-corrected chi connectivity index (χ4v) is 4.52. The van der Waals surface area contributed by atoms with Gasteiger partial charge in [0.15, 0.2) is 0 Å². The number of aromatic nitrogens is 1. The van der Waals surface area contributed by atoms with E-state index in [1.165, 1.54) is 0 Å². The van der Waals surface area contributed by atoms with E-state index >= 15 is 0 Å². The van der Waals surface area contributed by atoms with Gasteiger partial charge in [0.2, 0.25) is 5.91 Å². The highest BCUT2D eigenvalue weighted by Gasteiger charge is 2.26. The van der Waals surface area contributed by atoms with Crippen LogP contribution in [0, 0.1) is 12.8 Å². The second kappa shape index (κ2) is 11.1. The number of rotatable bonds is 7. The van der Waals surface area contributed by atoms with E-state index < -0.39 is 5.60 Å². The maximum atomic E-state index is 13.0. The third kappa shape index (κ3) is 7.54. The SMILES string of the molecule is CCN(Cc1ccccc1NC(=O)C1CCN(Cc2csc(C)n2)CC1)C(=O)OC(C)(C)C. The molecule has 0 aliphatic carbocycles. The van der Waals surface area contributed by atoms with Gasteiger partial charge in [-0.15, -0.1) is 11.3 Å². The lowest BCUT2D eigenvalue weighted by molar-refractivity contribution is -0.121. The zero-order valence-electron chi connectivity index (χ0n) is 20.4. The van der Waals surface area contributed by atoms with Crippen LogP contribution in [0.3, 0.4) is 0 Å². The third-order valence-electron chi connectivity index (χ3n) is 5.68. The van der Waals surface area contributed by atoms with Gasteiger partial charge in [-0.2, -0.15) is 0 Å². The quantitative estimate of drug-likeness (QED) is 0.610. The Hall–Kier alpha value is -2.45. The molecule has 8 heteroatoms. The number of nitrogens with zero attached hydrogens (tertiary/aromatic N) is 3. The molecule has 2 heterocycles. The van der Waals surface area contributed by atoms with Crippen molar-refractivity contribution in [2.45, 2.75) is 66.2 Å². The van der Waals surface area contributed by atoms with E-state index in [4.69, 9.17) is 4.74 Å². The average Bonchev–Trinajstić information content (AvgIpc) is 3.16. The van der Waals surface area contributed by atoms with E-state index in [-0.39, 0.29) is 17.9 Å². The molecule has 3 rings (SSSR count). The normalized spacial score (nSPS) is 15.3. The summed E-state index contributed by atoms with van der Waals surface area (Å²) < 4.78 is 5.52. The Bertz CT molecular complexity index is 945. The average molecular weight is 473 g/mol. The first-order valence-electron chi connectivity index (χ1n) is 11.6. The van der Waals surface area contributed by atoms with Gasteiger partial charge in [-0.05, 0) is 72.2 Å². The number of para-hydroxylation sites is 1. The van der Waals surface area contributed by atoms with E-state index in [9.17, 15) is 9.59 Å². The van der Waals surface area contributed by atoms with Crippen molar-refractivity contribution >= 4 is 29.0 Å². The molecule has 0 atom stereocenters. The van der Waals surface area contributed by atoms with E-state index in [1.807, 2.05) is 58.9 Å². The van der Waals surface area contributed by atoms with E-state index in [0.29, 0.717) is 13.1 Å². The lowest BCUT2D eigenvalue weighted by Gasteiger charge is -2.31. The molecule has 0 radical (unpaired) electrons. The Kier molecular flexibility index (Phi) is 8.48. The van der Waals surface area contributed by atoms with Gasteiger partial charge in [-0.3, -0.25) is 9.69 Å². The molecule has 1 fully saturated rings. The molecule has 1 saturated heterocycles. The van der Waals surface area contributed by atoms with Gasteiger partial charge in [-0.25, -0.2) is 9.78 Å². The number of amides is 2. The first-order valence-corrected chi connectivity index (χ1v) is 12.5. The molecule has 0 bridgehead atoms. The lowest BCUT2D eigenvalue weighted by atomic mass is 9.95. The monoisotopic (exact) mass is 472 g/mol. The molecule has 2 amide bonds. The smallest absolute Gasteiger partial charge is 0.410 e. The molecular weight excluding hydrogens is 436 g/mol. The molecule has 0 unspecified atom stereocenters. The van der Waals surface area contributed by atoms with Gasteiger partial charge in [0.05, 0.1) is 17.2 Å². The fraction of sp³-hybridized carbons (Fsp3) is 0.560. The first kappa shape index (κ1) is 25.2. The van der Waals surface area contributed by atoms with Crippen LogP contribution in [0.2, 0.25) is 0 Å². The highest BCUT2D eigenvalue weighted by molar-refractivity contribution is 7.09. The van der Waals surface area contributed by atoms with Crippen molar-refractivity contribution in [1.82, 2.24) is 14.8 Å². The molecule has 33 heavy (non-hydrogen) atoms. The van der Waals surface area contributed by atoms with Crippen LogP contribution in [0.1, 0.15) is 56.8 Å². The number of nitrogens with one attached hydrogen (secondary N) is 1. The maximum absolute atomic E-state index is 13.0. The summed E-state index contributed by atoms with van der Waals surface area (Å²) in [5.74, 6) is 0.0338. The van der Waals surface area contributed by atoms with Crippen LogP contribution in [0.5, 0.6) is 0 Å². The van der Waals surface area contributed by atoms with Gasteiger partial charge >= 0.3 is 6.09 Å². The number of carbonyl (C=O) groups is 2. The molecule has 1 N–H and O–H groups in total. The number of ether oxygens (including phenoxy) is 1. The highest BCUT2D eigenvalue weighted by atomic mass is 32.1. The molecule has 1 aliphatic heterocycles. The molecule has 2 aromatic rings. The second-order valence-corrected chi connectivity index (χ2v) is 10.6. The predicted octanol–water partition coefficient (Wildman–Crippen LogP) is 5.06. The minimum atomic E-state index is -0.550. The Labute approximate surface area is 201 Å². The summed E-state index contributed by atoms with van der Waals surface area (Å²) in [5.41, 5.74) is 2.21. The Morgan fingerprint density at radius 1 is 1.24 bits per heavy atom. The van der Waals surface area contributed by atoms with Gasteiger partial charge in [0.25, 0.3) is 0 Å². The summed E-state index contributed by atoms with van der Waals surface area (Å²) in [6, 6.07) is 7.67. The van der Waals surface area contributed by atoms with Gasteiger partial charge in [0.1, 0.15) is 5.60 Å². The van der Waals surface area contributed by atoms with Crippen LogP contribution in [-0.2, 0) is 22.6 Å². The van der Waals surface area contributed by atoms with Crippen LogP contribution in [-0.4, -0.2) is 52.0 Å². The number of benzene rings is 1.